The molecule has 31 heavy (non-hydrogen) atoms. The second-order valence-electron chi connectivity index (χ2n) is 7.18. The largest absolute Gasteiger partial charge is 0.454 e. The summed E-state index contributed by atoms with van der Waals surface area (Å²) in [6.45, 7) is 0.468. The van der Waals surface area contributed by atoms with E-state index < -0.39 is 17.0 Å². The first kappa shape index (κ1) is 19.3. The van der Waals surface area contributed by atoms with Gasteiger partial charge in [0.05, 0.1) is 16.5 Å². The predicted octanol–water partition coefficient (Wildman–Crippen LogP) is 4.80. The van der Waals surface area contributed by atoms with E-state index in [4.69, 9.17) is 21.1 Å². The molecule has 0 saturated carbocycles. The molecule has 0 radical (unpaired) electrons. The Morgan fingerprint density at radius 3 is 2.39 bits per heavy atom. The number of fused-ring (bicyclic) bond motifs is 2. The van der Waals surface area contributed by atoms with Crippen LogP contribution in [0.5, 0.6) is 11.5 Å². The smallest absolute Gasteiger partial charge is 0.231 e. The molecule has 0 fully saturated rings. The zero-order valence-electron chi connectivity index (χ0n) is 16.1. The number of hydrogen-bond donors (Lipinski definition) is 0. The number of aromatic nitrogens is 1. The Morgan fingerprint density at radius 2 is 1.68 bits per heavy atom. The van der Waals surface area contributed by atoms with Gasteiger partial charge in [0.1, 0.15) is 5.82 Å². The third-order valence-electron chi connectivity index (χ3n) is 5.19. The van der Waals surface area contributed by atoms with Crippen LogP contribution in [0.1, 0.15) is 21.5 Å². The topological polar surface area (TPSA) is 57.5 Å². The molecular weight excluding hydrogens is 421 g/mol. The highest BCUT2D eigenvalue weighted by Gasteiger charge is 2.21. The van der Waals surface area contributed by atoms with E-state index in [-0.39, 0.29) is 17.9 Å². The molecule has 1 aliphatic rings. The molecule has 0 unspecified atom stereocenters. The monoisotopic (exact) mass is 435 g/mol. The van der Waals surface area contributed by atoms with Crippen LogP contribution in [0.3, 0.4) is 0 Å². The second kappa shape index (κ2) is 7.56. The molecule has 5 rings (SSSR count). The number of rotatable bonds is 4. The van der Waals surface area contributed by atoms with E-state index in [9.17, 15) is 14.0 Å². The number of pyridine rings is 1. The molecule has 0 saturated heterocycles. The first-order valence-electron chi connectivity index (χ1n) is 9.51. The van der Waals surface area contributed by atoms with Gasteiger partial charge < -0.3 is 14.0 Å². The van der Waals surface area contributed by atoms with Crippen LogP contribution in [-0.4, -0.2) is 17.1 Å². The highest BCUT2D eigenvalue weighted by molar-refractivity contribution is 6.30. The van der Waals surface area contributed by atoms with Gasteiger partial charge in [0.25, 0.3) is 0 Å². The summed E-state index contributed by atoms with van der Waals surface area (Å²) in [5, 5.41) is 0.954. The van der Waals surface area contributed by atoms with Crippen LogP contribution in [0, 0.1) is 5.82 Å². The minimum absolute atomic E-state index is 0.00747. The maximum atomic E-state index is 13.3. The number of carbonyl (C=O) groups is 1. The summed E-state index contributed by atoms with van der Waals surface area (Å²) in [5.41, 5.74) is 1.35. The minimum Gasteiger partial charge on any atom is -0.454 e. The summed E-state index contributed by atoms with van der Waals surface area (Å²) in [6, 6.07) is 15.8. The quantitative estimate of drug-likeness (QED) is 0.432. The van der Waals surface area contributed by atoms with E-state index in [1.54, 1.807) is 24.3 Å². The summed E-state index contributed by atoms with van der Waals surface area (Å²) in [7, 11) is 0. The molecule has 2 heterocycles. The van der Waals surface area contributed by atoms with Gasteiger partial charge in [-0.1, -0.05) is 23.7 Å². The van der Waals surface area contributed by atoms with Gasteiger partial charge in [0, 0.05) is 29.4 Å². The van der Waals surface area contributed by atoms with Crippen molar-refractivity contribution in [2.75, 3.05) is 6.79 Å². The molecule has 0 bridgehead atoms. The van der Waals surface area contributed by atoms with Crippen molar-refractivity contribution in [3.05, 3.63) is 105 Å². The van der Waals surface area contributed by atoms with Crippen molar-refractivity contribution in [3.8, 4) is 11.5 Å². The van der Waals surface area contributed by atoms with Crippen LogP contribution in [0.4, 0.5) is 4.39 Å². The molecule has 0 spiro atoms. The van der Waals surface area contributed by atoms with Gasteiger partial charge in [0.15, 0.2) is 17.3 Å². The summed E-state index contributed by atoms with van der Waals surface area (Å²) in [5.74, 6) is 0.0562. The first-order valence-corrected chi connectivity index (χ1v) is 9.89. The fraction of sp³-hybridized carbons (Fsp3) is 0.0833. The number of nitrogens with zero attached hydrogens (tertiary/aromatic N) is 1. The normalized spacial score (nSPS) is 12.3. The standard InChI is InChI=1S/C24H15ClFNO4/c25-16-5-1-14(2-6-16)11-27-12-19(23(28)15-3-7-17(26)8-4-15)24(29)18-9-21-22(10-20(18)27)31-13-30-21/h1-10,12H,11,13H2. The van der Waals surface area contributed by atoms with Crippen molar-refractivity contribution in [2.24, 2.45) is 0 Å². The van der Waals surface area contributed by atoms with Gasteiger partial charge in [-0.05, 0) is 48.0 Å². The van der Waals surface area contributed by atoms with Crippen LogP contribution in [0.15, 0.2) is 71.7 Å². The molecule has 3 aromatic carbocycles. The molecular formula is C24H15ClFNO4. The second-order valence-corrected chi connectivity index (χ2v) is 7.62. The Bertz CT molecular complexity index is 1380. The predicted molar refractivity (Wildman–Crippen MR) is 115 cm³/mol. The van der Waals surface area contributed by atoms with Crippen molar-refractivity contribution in [1.82, 2.24) is 4.57 Å². The van der Waals surface area contributed by atoms with E-state index >= 15 is 0 Å². The van der Waals surface area contributed by atoms with Gasteiger partial charge in [-0.2, -0.15) is 0 Å². The summed E-state index contributed by atoms with van der Waals surface area (Å²) >= 11 is 5.99. The van der Waals surface area contributed by atoms with Crippen molar-refractivity contribution < 1.29 is 18.7 Å². The van der Waals surface area contributed by atoms with Crippen LogP contribution < -0.4 is 14.9 Å². The SMILES string of the molecule is O=C(c1ccc(F)cc1)c1cn(Cc2ccc(Cl)cc2)c2cc3c(cc2c1=O)OCO3. The lowest BCUT2D eigenvalue weighted by Gasteiger charge is -2.14. The molecule has 0 aliphatic carbocycles. The van der Waals surface area contributed by atoms with Crippen LogP contribution in [0.25, 0.3) is 10.9 Å². The number of ketones is 1. The van der Waals surface area contributed by atoms with Crippen LogP contribution >= 0.6 is 11.6 Å². The maximum absolute atomic E-state index is 13.3. The van der Waals surface area contributed by atoms with Gasteiger partial charge >= 0.3 is 0 Å². The van der Waals surface area contributed by atoms with Crippen molar-refractivity contribution in [3.63, 3.8) is 0 Å². The first-order chi connectivity index (χ1) is 15.0. The lowest BCUT2D eigenvalue weighted by molar-refractivity contribution is 0.103. The zero-order chi connectivity index (χ0) is 21.5. The molecule has 5 nitrogen and oxygen atoms in total. The van der Waals surface area contributed by atoms with E-state index in [1.165, 1.54) is 30.5 Å². The summed E-state index contributed by atoms with van der Waals surface area (Å²) in [4.78, 5) is 26.3. The van der Waals surface area contributed by atoms with Gasteiger partial charge in [-0.25, -0.2) is 4.39 Å². The van der Waals surface area contributed by atoms with Gasteiger partial charge in [0.2, 0.25) is 12.2 Å². The van der Waals surface area contributed by atoms with Crippen LogP contribution in [0.2, 0.25) is 5.02 Å². The number of carbonyl (C=O) groups excluding carboxylic acids is 1. The zero-order valence-corrected chi connectivity index (χ0v) is 16.9. The fourth-order valence-corrected chi connectivity index (χ4v) is 3.74. The maximum Gasteiger partial charge on any atom is 0.231 e. The Labute approximate surface area is 181 Å². The third-order valence-corrected chi connectivity index (χ3v) is 5.44. The van der Waals surface area contributed by atoms with Crippen molar-refractivity contribution >= 4 is 28.3 Å². The number of ether oxygens (including phenoxy) is 2. The Kier molecular flexibility index (Phi) is 4.71. The Morgan fingerprint density at radius 1 is 1.00 bits per heavy atom. The molecule has 4 aromatic rings. The lowest BCUT2D eigenvalue weighted by Crippen LogP contribution is -2.20. The Hall–Kier alpha value is -3.64. The van der Waals surface area contributed by atoms with E-state index in [1.807, 2.05) is 16.7 Å². The van der Waals surface area contributed by atoms with Gasteiger partial charge in [-0.15, -0.1) is 0 Å². The van der Waals surface area contributed by atoms with E-state index in [0.717, 1.165) is 5.56 Å². The lowest BCUT2D eigenvalue weighted by atomic mass is 10.0. The highest BCUT2D eigenvalue weighted by atomic mass is 35.5. The highest BCUT2D eigenvalue weighted by Crippen LogP contribution is 2.35. The molecule has 1 aromatic heterocycles. The average molecular weight is 436 g/mol. The van der Waals surface area contributed by atoms with E-state index in [2.05, 4.69) is 0 Å². The molecule has 0 atom stereocenters. The minimum atomic E-state index is -0.477. The number of benzene rings is 3. The summed E-state index contributed by atoms with van der Waals surface area (Å²) in [6.07, 6.45) is 1.53. The van der Waals surface area contributed by atoms with E-state index in [0.29, 0.717) is 34.0 Å². The fourth-order valence-electron chi connectivity index (χ4n) is 3.62. The molecule has 1 aliphatic heterocycles. The average Bonchev–Trinajstić information content (AvgIpc) is 3.24. The van der Waals surface area contributed by atoms with Crippen molar-refractivity contribution in [1.29, 1.82) is 0 Å². The van der Waals surface area contributed by atoms with Gasteiger partial charge in [-0.3, -0.25) is 9.59 Å². The third kappa shape index (κ3) is 3.55. The molecule has 0 N–H and O–H groups in total. The molecule has 7 heteroatoms. The number of hydrogen-bond acceptors (Lipinski definition) is 4. The molecule has 154 valence electrons. The number of halogens is 2. The summed E-state index contributed by atoms with van der Waals surface area (Å²) < 4.78 is 26.0. The molecule has 0 amide bonds. The van der Waals surface area contributed by atoms with Crippen molar-refractivity contribution in [2.45, 2.75) is 6.54 Å². The Balaban J connectivity index is 1.70. The van der Waals surface area contributed by atoms with Crippen LogP contribution in [-0.2, 0) is 6.54 Å².